The van der Waals surface area contributed by atoms with Crippen molar-refractivity contribution in [1.82, 2.24) is 9.55 Å². The molecule has 0 spiro atoms. The standard InChI is InChI=1S/C13H15N3O/c14-9-13(5-6-13)10-3-1-2-4-11(10)16-8-7-15-12(16)17/h1-4,7-8H,5-6,9,14H2,(H,15,17). The van der Waals surface area contributed by atoms with Gasteiger partial charge in [0.15, 0.2) is 0 Å². The Morgan fingerprint density at radius 2 is 2.12 bits per heavy atom. The number of nitrogens with one attached hydrogen (secondary N) is 1. The van der Waals surface area contributed by atoms with Gasteiger partial charge in [-0.05, 0) is 24.5 Å². The second-order valence-electron chi connectivity index (χ2n) is 4.64. The van der Waals surface area contributed by atoms with Crippen LogP contribution in [0.2, 0.25) is 0 Å². The number of H-pyrrole nitrogens is 1. The zero-order valence-electron chi connectivity index (χ0n) is 9.52. The number of para-hydroxylation sites is 1. The maximum Gasteiger partial charge on any atom is 0.330 e. The van der Waals surface area contributed by atoms with Crippen LogP contribution in [0.1, 0.15) is 18.4 Å². The Bertz CT molecular complexity index is 592. The van der Waals surface area contributed by atoms with Gasteiger partial charge in [0.1, 0.15) is 0 Å². The van der Waals surface area contributed by atoms with Gasteiger partial charge in [0.25, 0.3) is 0 Å². The smallest absolute Gasteiger partial charge is 0.330 e. The number of hydrogen-bond donors (Lipinski definition) is 2. The van der Waals surface area contributed by atoms with Gasteiger partial charge in [-0.2, -0.15) is 0 Å². The molecule has 0 radical (unpaired) electrons. The Balaban J connectivity index is 2.18. The number of benzene rings is 1. The van der Waals surface area contributed by atoms with E-state index >= 15 is 0 Å². The van der Waals surface area contributed by atoms with Gasteiger partial charge in [0.05, 0.1) is 5.69 Å². The minimum atomic E-state index is -0.106. The molecule has 1 aromatic carbocycles. The summed E-state index contributed by atoms with van der Waals surface area (Å²) in [5.74, 6) is 0. The van der Waals surface area contributed by atoms with Crippen molar-refractivity contribution in [3.05, 3.63) is 52.7 Å². The zero-order chi connectivity index (χ0) is 11.9. The fourth-order valence-electron chi connectivity index (χ4n) is 2.38. The molecule has 1 aliphatic rings. The van der Waals surface area contributed by atoms with Gasteiger partial charge >= 0.3 is 5.69 Å². The number of imidazole rings is 1. The van der Waals surface area contributed by atoms with Crippen LogP contribution in [0.4, 0.5) is 0 Å². The first-order chi connectivity index (χ1) is 8.27. The number of aromatic nitrogens is 2. The topological polar surface area (TPSA) is 63.8 Å². The van der Waals surface area contributed by atoms with Crippen molar-refractivity contribution < 1.29 is 0 Å². The monoisotopic (exact) mass is 229 g/mol. The predicted octanol–water partition coefficient (Wildman–Crippen LogP) is 1.16. The molecule has 0 unspecified atom stereocenters. The molecule has 1 aromatic heterocycles. The number of aromatic amines is 1. The molecule has 88 valence electrons. The van der Waals surface area contributed by atoms with Gasteiger partial charge in [-0.1, -0.05) is 18.2 Å². The van der Waals surface area contributed by atoms with Crippen molar-refractivity contribution in [2.75, 3.05) is 6.54 Å². The maximum absolute atomic E-state index is 11.7. The van der Waals surface area contributed by atoms with E-state index < -0.39 is 0 Å². The van der Waals surface area contributed by atoms with E-state index in [1.165, 1.54) is 5.56 Å². The molecular weight excluding hydrogens is 214 g/mol. The molecule has 1 aliphatic carbocycles. The molecule has 2 aromatic rings. The summed E-state index contributed by atoms with van der Waals surface area (Å²) in [6.07, 6.45) is 5.63. The van der Waals surface area contributed by atoms with Gasteiger partial charge in [0.2, 0.25) is 0 Å². The summed E-state index contributed by atoms with van der Waals surface area (Å²) in [6, 6.07) is 8.01. The van der Waals surface area contributed by atoms with Crippen LogP contribution in [-0.2, 0) is 5.41 Å². The first kappa shape index (κ1) is 10.4. The molecule has 3 N–H and O–H groups in total. The van der Waals surface area contributed by atoms with Crippen LogP contribution in [0.3, 0.4) is 0 Å². The molecule has 1 heterocycles. The second-order valence-corrected chi connectivity index (χ2v) is 4.64. The first-order valence-electron chi connectivity index (χ1n) is 5.83. The lowest BCUT2D eigenvalue weighted by molar-refractivity contribution is 0.696. The lowest BCUT2D eigenvalue weighted by Crippen LogP contribution is -2.24. The third-order valence-electron chi connectivity index (χ3n) is 3.63. The van der Waals surface area contributed by atoms with Gasteiger partial charge < -0.3 is 10.7 Å². The number of rotatable bonds is 3. The molecule has 0 amide bonds. The highest BCUT2D eigenvalue weighted by molar-refractivity contribution is 5.48. The molecule has 3 rings (SSSR count). The normalized spacial score (nSPS) is 17.0. The van der Waals surface area contributed by atoms with Crippen molar-refractivity contribution in [3.8, 4) is 5.69 Å². The van der Waals surface area contributed by atoms with E-state index in [4.69, 9.17) is 5.73 Å². The highest BCUT2D eigenvalue weighted by Crippen LogP contribution is 2.48. The van der Waals surface area contributed by atoms with Crippen LogP contribution in [0.15, 0.2) is 41.5 Å². The molecule has 17 heavy (non-hydrogen) atoms. The van der Waals surface area contributed by atoms with Crippen LogP contribution in [0.25, 0.3) is 5.69 Å². The van der Waals surface area contributed by atoms with Gasteiger partial charge in [-0.15, -0.1) is 0 Å². The highest BCUT2D eigenvalue weighted by atomic mass is 16.1. The highest BCUT2D eigenvalue weighted by Gasteiger charge is 2.44. The first-order valence-corrected chi connectivity index (χ1v) is 5.83. The third kappa shape index (κ3) is 1.52. The Kier molecular flexibility index (Phi) is 2.19. The van der Waals surface area contributed by atoms with Crippen molar-refractivity contribution in [1.29, 1.82) is 0 Å². The second kappa shape index (κ2) is 3.60. The molecule has 0 saturated heterocycles. The van der Waals surface area contributed by atoms with Crippen molar-refractivity contribution in [2.24, 2.45) is 5.73 Å². The number of nitrogens with zero attached hydrogens (tertiary/aromatic N) is 1. The lowest BCUT2D eigenvalue weighted by atomic mass is 9.94. The van der Waals surface area contributed by atoms with Gasteiger partial charge in [-0.3, -0.25) is 4.57 Å². The molecule has 0 atom stereocenters. The summed E-state index contributed by atoms with van der Waals surface area (Å²) in [6.45, 7) is 0.642. The lowest BCUT2D eigenvalue weighted by Gasteiger charge is -2.17. The van der Waals surface area contributed by atoms with Crippen LogP contribution in [0.5, 0.6) is 0 Å². The summed E-state index contributed by atoms with van der Waals surface area (Å²) in [5.41, 5.74) is 7.98. The molecule has 4 heteroatoms. The molecule has 1 saturated carbocycles. The molecular formula is C13H15N3O. The SMILES string of the molecule is NCC1(c2ccccc2-n2cc[nH]c2=O)CC1. The van der Waals surface area contributed by atoms with E-state index in [1.54, 1.807) is 17.0 Å². The summed E-state index contributed by atoms with van der Waals surface area (Å²) >= 11 is 0. The van der Waals surface area contributed by atoms with E-state index in [1.807, 2.05) is 18.2 Å². The van der Waals surface area contributed by atoms with E-state index in [0.29, 0.717) is 6.54 Å². The Morgan fingerprint density at radius 3 is 2.71 bits per heavy atom. The number of hydrogen-bond acceptors (Lipinski definition) is 2. The quantitative estimate of drug-likeness (QED) is 0.829. The fourth-order valence-corrected chi connectivity index (χ4v) is 2.38. The van der Waals surface area contributed by atoms with E-state index in [2.05, 4.69) is 11.1 Å². The average molecular weight is 229 g/mol. The molecule has 4 nitrogen and oxygen atoms in total. The molecule has 0 bridgehead atoms. The summed E-state index contributed by atoms with van der Waals surface area (Å²) < 4.78 is 1.64. The van der Waals surface area contributed by atoms with Crippen LogP contribution in [-0.4, -0.2) is 16.1 Å². The predicted molar refractivity (Wildman–Crippen MR) is 66.4 cm³/mol. The van der Waals surface area contributed by atoms with Crippen LogP contribution >= 0.6 is 0 Å². The van der Waals surface area contributed by atoms with Gasteiger partial charge in [-0.25, -0.2) is 4.79 Å². The van der Waals surface area contributed by atoms with Crippen molar-refractivity contribution in [2.45, 2.75) is 18.3 Å². The fraction of sp³-hybridized carbons (Fsp3) is 0.308. The van der Waals surface area contributed by atoms with Gasteiger partial charge in [0, 0.05) is 24.4 Å². The third-order valence-corrected chi connectivity index (χ3v) is 3.63. The van der Waals surface area contributed by atoms with E-state index in [9.17, 15) is 4.79 Å². The Labute approximate surface area is 99.1 Å². The summed E-state index contributed by atoms with van der Waals surface area (Å²) in [5, 5.41) is 0. The maximum atomic E-state index is 11.7. The van der Waals surface area contributed by atoms with Crippen molar-refractivity contribution in [3.63, 3.8) is 0 Å². The van der Waals surface area contributed by atoms with Crippen LogP contribution < -0.4 is 11.4 Å². The van der Waals surface area contributed by atoms with Crippen LogP contribution in [0, 0.1) is 0 Å². The van der Waals surface area contributed by atoms with Crippen molar-refractivity contribution >= 4 is 0 Å². The minimum Gasteiger partial charge on any atom is -0.330 e. The largest absolute Gasteiger partial charge is 0.330 e. The average Bonchev–Trinajstić information content (AvgIpc) is 3.06. The van der Waals surface area contributed by atoms with E-state index in [-0.39, 0.29) is 11.1 Å². The van der Waals surface area contributed by atoms with E-state index in [0.717, 1.165) is 18.5 Å². The number of nitrogens with two attached hydrogens (primary N) is 1. The zero-order valence-corrected chi connectivity index (χ0v) is 9.52. The minimum absolute atomic E-state index is 0.0906. The Morgan fingerprint density at radius 1 is 1.35 bits per heavy atom. The molecule has 0 aliphatic heterocycles. The Hall–Kier alpha value is -1.81. The summed E-state index contributed by atoms with van der Waals surface area (Å²) in [4.78, 5) is 14.3. The molecule has 1 fully saturated rings. The summed E-state index contributed by atoms with van der Waals surface area (Å²) in [7, 11) is 0.